The Morgan fingerprint density at radius 3 is 2.49 bits per heavy atom. The Bertz CT molecular complexity index is 1080. The molecule has 2 aliphatic rings. The maximum Gasteiger partial charge on any atom is 0.433 e. The number of rotatable bonds is 4. The van der Waals surface area contributed by atoms with E-state index in [1.54, 1.807) is 15.8 Å². The van der Waals surface area contributed by atoms with Crippen LogP contribution in [0, 0.1) is 0 Å². The highest BCUT2D eigenvalue weighted by molar-refractivity contribution is 5.68. The Morgan fingerprint density at radius 2 is 1.84 bits per heavy atom. The van der Waals surface area contributed by atoms with Crippen LogP contribution in [0.3, 0.4) is 0 Å². The largest absolute Gasteiger partial charge is 0.469 e. The number of pyridine rings is 1. The quantitative estimate of drug-likeness (QED) is 0.613. The van der Waals surface area contributed by atoms with Crippen LogP contribution in [0.2, 0.25) is 0 Å². The first kappa shape index (κ1) is 27.1. The van der Waals surface area contributed by atoms with Crippen molar-refractivity contribution in [2.45, 2.75) is 75.8 Å². The van der Waals surface area contributed by atoms with E-state index in [0.29, 0.717) is 25.9 Å². The molecule has 37 heavy (non-hydrogen) atoms. The van der Waals surface area contributed by atoms with Crippen molar-refractivity contribution in [1.29, 1.82) is 0 Å². The number of carbonyl (C=O) groups excluding carboxylic acids is 1. The lowest BCUT2D eigenvalue weighted by Crippen LogP contribution is -2.51. The second-order valence-corrected chi connectivity index (χ2v) is 10.1. The number of amides is 1. The van der Waals surface area contributed by atoms with Gasteiger partial charge in [-0.2, -0.15) is 13.2 Å². The predicted octanol–water partition coefficient (Wildman–Crippen LogP) is 2.50. The van der Waals surface area contributed by atoms with Crippen molar-refractivity contribution >= 4 is 6.09 Å². The van der Waals surface area contributed by atoms with Gasteiger partial charge in [-0.25, -0.2) is 14.5 Å². The molecule has 204 valence electrons. The van der Waals surface area contributed by atoms with E-state index in [0.717, 1.165) is 12.1 Å². The summed E-state index contributed by atoms with van der Waals surface area (Å²) < 4.78 is 56.8. The van der Waals surface area contributed by atoms with Crippen molar-refractivity contribution in [2.75, 3.05) is 19.7 Å². The first-order chi connectivity index (χ1) is 17.3. The highest BCUT2D eigenvalue weighted by atomic mass is 19.4. The third-order valence-electron chi connectivity index (χ3n) is 6.08. The molecule has 0 radical (unpaired) electrons. The molecule has 2 aromatic rings. The number of aliphatic hydroxyl groups is 2. The maximum absolute atomic E-state index is 12.9. The van der Waals surface area contributed by atoms with E-state index in [1.165, 1.54) is 6.07 Å². The molecule has 2 aliphatic heterocycles. The topological polar surface area (TPSA) is 132 Å². The van der Waals surface area contributed by atoms with Crippen LogP contribution in [-0.2, 0) is 15.7 Å². The molecule has 0 aromatic carbocycles. The van der Waals surface area contributed by atoms with Crippen LogP contribution in [0.25, 0.3) is 0 Å². The number of piperidine rings is 1. The second kappa shape index (κ2) is 10.4. The zero-order valence-electron chi connectivity index (χ0n) is 20.6. The average Bonchev–Trinajstić information content (AvgIpc) is 3.31. The number of halogens is 3. The lowest BCUT2D eigenvalue weighted by atomic mass is 9.98. The van der Waals surface area contributed by atoms with Gasteiger partial charge in [0.05, 0.1) is 18.8 Å². The van der Waals surface area contributed by atoms with Crippen molar-refractivity contribution in [3.8, 4) is 5.88 Å². The number of likely N-dealkylation sites (tertiary alicyclic amines) is 1. The molecule has 2 fully saturated rings. The summed E-state index contributed by atoms with van der Waals surface area (Å²) in [4.78, 5) is 17.3. The van der Waals surface area contributed by atoms with Gasteiger partial charge in [-0.15, -0.1) is 5.10 Å². The van der Waals surface area contributed by atoms with Crippen LogP contribution in [0.1, 0.15) is 57.1 Å². The number of carbonyl (C=O) groups is 1. The Balaban J connectivity index is 1.34. The highest BCUT2D eigenvalue weighted by Crippen LogP contribution is 2.32. The van der Waals surface area contributed by atoms with Crippen LogP contribution in [-0.4, -0.2) is 84.8 Å². The first-order valence-corrected chi connectivity index (χ1v) is 11.9. The Kier molecular flexibility index (Phi) is 7.62. The Morgan fingerprint density at radius 1 is 1.14 bits per heavy atom. The molecule has 4 rings (SSSR count). The van der Waals surface area contributed by atoms with Gasteiger partial charge in [0, 0.05) is 19.2 Å². The van der Waals surface area contributed by atoms with E-state index in [4.69, 9.17) is 14.2 Å². The lowest BCUT2D eigenvalue weighted by Gasteiger charge is -2.36. The highest BCUT2D eigenvalue weighted by Gasteiger charge is 2.42. The minimum Gasteiger partial charge on any atom is -0.469 e. The Labute approximate surface area is 211 Å². The van der Waals surface area contributed by atoms with Gasteiger partial charge in [0.25, 0.3) is 0 Å². The van der Waals surface area contributed by atoms with Gasteiger partial charge < -0.3 is 29.3 Å². The first-order valence-electron chi connectivity index (χ1n) is 11.9. The number of alkyl halides is 3. The van der Waals surface area contributed by atoms with E-state index in [9.17, 15) is 28.2 Å². The summed E-state index contributed by atoms with van der Waals surface area (Å²) in [6, 6.07) is 3.13. The van der Waals surface area contributed by atoms with Crippen LogP contribution >= 0.6 is 0 Å². The van der Waals surface area contributed by atoms with Gasteiger partial charge in [-0.3, -0.25) is 0 Å². The van der Waals surface area contributed by atoms with E-state index in [-0.39, 0.29) is 30.3 Å². The summed E-state index contributed by atoms with van der Waals surface area (Å²) in [6.45, 7) is 6.18. The minimum atomic E-state index is -4.65. The third-order valence-corrected chi connectivity index (χ3v) is 6.08. The van der Waals surface area contributed by atoms with Crippen LogP contribution in [0.15, 0.2) is 24.4 Å². The molecule has 14 heteroatoms. The normalized spacial score (nSPS) is 25.7. The van der Waals surface area contributed by atoms with Crippen molar-refractivity contribution in [1.82, 2.24) is 24.9 Å². The van der Waals surface area contributed by atoms with Crippen LogP contribution in [0.5, 0.6) is 5.88 Å². The molecule has 2 saturated heterocycles. The fraction of sp³-hybridized carbons (Fsp3) is 0.652. The van der Waals surface area contributed by atoms with Gasteiger partial charge >= 0.3 is 12.3 Å². The molecule has 0 unspecified atom stereocenters. The molecule has 0 saturated carbocycles. The van der Waals surface area contributed by atoms with Crippen molar-refractivity contribution in [2.24, 2.45) is 0 Å². The zero-order chi connectivity index (χ0) is 27.0. The second-order valence-electron chi connectivity index (χ2n) is 10.1. The van der Waals surface area contributed by atoms with Gasteiger partial charge in [-0.05, 0) is 39.7 Å². The van der Waals surface area contributed by atoms with Crippen molar-refractivity contribution < 1.29 is 42.4 Å². The standard InChI is InChI=1S/C23H30F3N5O6/c1-22(2,3)37-21(34)30-9-7-13(8-10-30)31-11-14(28-29-31)20-19(33)18(32)15(12-35-20)36-17-6-4-5-16(27-17)23(24,25)26/h4-6,11,13,15,18-20,32-33H,7-10,12H2,1-3H3/t15-,18+,19+,20+/m0/s1. The molecule has 4 heterocycles. The number of aromatic nitrogens is 4. The summed E-state index contributed by atoms with van der Waals surface area (Å²) in [5, 5.41) is 29.4. The van der Waals surface area contributed by atoms with Gasteiger partial charge in [0.2, 0.25) is 5.88 Å². The Hall–Kier alpha value is -2.97. The summed E-state index contributed by atoms with van der Waals surface area (Å²) in [7, 11) is 0. The fourth-order valence-electron chi connectivity index (χ4n) is 4.19. The van der Waals surface area contributed by atoms with E-state index in [1.807, 2.05) is 20.8 Å². The molecule has 1 amide bonds. The summed E-state index contributed by atoms with van der Waals surface area (Å²) in [5.41, 5.74) is -1.42. The smallest absolute Gasteiger partial charge is 0.433 e. The molecular formula is C23H30F3N5O6. The minimum absolute atomic E-state index is 0.0336. The van der Waals surface area contributed by atoms with Gasteiger partial charge in [0.15, 0.2) is 6.10 Å². The van der Waals surface area contributed by atoms with Crippen molar-refractivity contribution in [3.05, 3.63) is 35.8 Å². The number of aliphatic hydroxyl groups excluding tert-OH is 2. The van der Waals surface area contributed by atoms with Gasteiger partial charge in [-0.1, -0.05) is 11.3 Å². The monoisotopic (exact) mass is 529 g/mol. The number of hydrogen-bond donors (Lipinski definition) is 2. The van der Waals surface area contributed by atoms with E-state index >= 15 is 0 Å². The fourth-order valence-corrected chi connectivity index (χ4v) is 4.19. The average molecular weight is 530 g/mol. The lowest BCUT2D eigenvalue weighted by molar-refractivity contribution is -0.184. The molecule has 0 aliphatic carbocycles. The molecule has 4 atom stereocenters. The predicted molar refractivity (Wildman–Crippen MR) is 120 cm³/mol. The van der Waals surface area contributed by atoms with Crippen LogP contribution < -0.4 is 4.74 Å². The van der Waals surface area contributed by atoms with Gasteiger partial charge in [0.1, 0.15) is 35.3 Å². The number of hydrogen-bond acceptors (Lipinski definition) is 9. The third kappa shape index (κ3) is 6.48. The number of nitrogens with zero attached hydrogens (tertiary/aromatic N) is 5. The SMILES string of the molecule is CC(C)(C)OC(=O)N1CCC(n2cc([C@H]3OC[C@H](Oc4cccc(C(F)(F)F)n4)[C@@H](O)[C@H]3O)nn2)CC1. The van der Waals surface area contributed by atoms with E-state index in [2.05, 4.69) is 15.3 Å². The molecule has 0 bridgehead atoms. The van der Waals surface area contributed by atoms with Crippen molar-refractivity contribution in [3.63, 3.8) is 0 Å². The van der Waals surface area contributed by atoms with Crippen LogP contribution in [0.4, 0.5) is 18.0 Å². The molecule has 2 aromatic heterocycles. The van der Waals surface area contributed by atoms with E-state index < -0.39 is 41.9 Å². The molecule has 11 nitrogen and oxygen atoms in total. The molecular weight excluding hydrogens is 499 g/mol. The summed E-state index contributed by atoms with van der Waals surface area (Å²) in [6.07, 6.45) is -7.25. The summed E-state index contributed by atoms with van der Waals surface area (Å²) in [5.74, 6) is -0.350. The maximum atomic E-state index is 12.9. The number of ether oxygens (including phenoxy) is 3. The summed E-state index contributed by atoms with van der Waals surface area (Å²) >= 11 is 0. The molecule has 0 spiro atoms. The molecule has 2 N–H and O–H groups in total. The zero-order valence-corrected chi connectivity index (χ0v) is 20.6.